The second-order valence-electron chi connectivity index (χ2n) is 5.22. The molecule has 1 saturated carbocycles. The van der Waals surface area contributed by atoms with E-state index in [4.69, 9.17) is 22.1 Å². The highest BCUT2D eigenvalue weighted by atomic mass is 35.5. The predicted octanol–water partition coefficient (Wildman–Crippen LogP) is 3.44. The summed E-state index contributed by atoms with van der Waals surface area (Å²) in [7, 11) is 0. The van der Waals surface area contributed by atoms with Crippen molar-refractivity contribution in [3.63, 3.8) is 0 Å². The first-order valence-electron chi connectivity index (χ1n) is 6.24. The lowest BCUT2D eigenvalue weighted by atomic mass is 10.1. The van der Waals surface area contributed by atoms with Crippen molar-refractivity contribution >= 4 is 11.6 Å². The highest BCUT2D eigenvalue weighted by Crippen LogP contribution is 2.50. The summed E-state index contributed by atoms with van der Waals surface area (Å²) in [5.41, 5.74) is 6.93. The largest absolute Gasteiger partial charge is 0.493 e. The number of benzene rings is 1. The van der Waals surface area contributed by atoms with Crippen molar-refractivity contribution in [1.29, 1.82) is 0 Å². The van der Waals surface area contributed by atoms with Crippen LogP contribution in [0.5, 0.6) is 5.75 Å². The van der Waals surface area contributed by atoms with Crippen LogP contribution in [0.25, 0.3) is 0 Å². The number of ether oxygens (including phenoxy) is 1. The molecule has 0 saturated heterocycles. The molecule has 2 N–H and O–H groups in total. The number of halogens is 1. The van der Waals surface area contributed by atoms with Gasteiger partial charge in [-0.1, -0.05) is 25.4 Å². The van der Waals surface area contributed by atoms with Crippen LogP contribution in [-0.2, 0) is 0 Å². The summed E-state index contributed by atoms with van der Waals surface area (Å²) in [5, 5.41) is 0.777. The third-order valence-electron chi connectivity index (χ3n) is 3.17. The number of hydrogen-bond donors (Lipinski definition) is 1. The van der Waals surface area contributed by atoms with Gasteiger partial charge in [0.2, 0.25) is 0 Å². The monoisotopic (exact) mass is 253 g/mol. The first-order chi connectivity index (χ1) is 8.11. The summed E-state index contributed by atoms with van der Waals surface area (Å²) in [5.74, 6) is 2.66. The van der Waals surface area contributed by atoms with Gasteiger partial charge in [0.1, 0.15) is 5.75 Å². The molecule has 2 atom stereocenters. The smallest absolute Gasteiger partial charge is 0.122 e. The first-order valence-corrected chi connectivity index (χ1v) is 6.62. The van der Waals surface area contributed by atoms with Gasteiger partial charge in [-0.15, -0.1) is 0 Å². The molecule has 1 aromatic carbocycles. The van der Waals surface area contributed by atoms with Gasteiger partial charge in [0.15, 0.2) is 0 Å². The second-order valence-corrected chi connectivity index (χ2v) is 5.66. The van der Waals surface area contributed by atoms with Gasteiger partial charge < -0.3 is 10.5 Å². The van der Waals surface area contributed by atoms with Crippen molar-refractivity contribution < 1.29 is 4.74 Å². The molecule has 0 spiro atoms. The first kappa shape index (κ1) is 12.7. The third-order valence-corrected chi connectivity index (χ3v) is 3.40. The molecular formula is C14H20ClNO. The van der Waals surface area contributed by atoms with E-state index in [9.17, 15) is 0 Å². The molecule has 94 valence electrons. The van der Waals surface area contributed by atoms with Crippen LogP contribution in [0, 0.1) is 11.8 Å². The summed E-state index contributed by atoms with van der Waals surface area (Å²) in [6.07, 6.45) is 1.16. The molecule has 2 rings (SSSR count). The number of nitrogens with two attached hydrogens (primary N) is 1. The molecule has 0 aromatic heterocycles. The molecular weight excluding hydrogens is 234 g/mol. The molecule has 0 bridgehead atoms. The standard InChI is InChI=1S/C14H20ClNO/c1-9(2)8-17-14-4-3-11(15)6-13(14)12-5-10(12)7-16/h3-4,6,9-10,12H,5,7-8,16H2,1-2H3/t10?,12-/m0/s1. The van der Waals surface area contributed by atoms with Gasteiger partial charge in [-0.25, -0.2) is 0 Å². The summed E-state index contributed by atoms with van der Waals surface area (Å²) in [6.45, 7) is 5.79. The molecule has 0 heterocycles. The Morgan fingerprint density at radius 3 is 2.82 bits per heavy atom. The van der Waals surface area contributed by atoms with Gasteiger partial charge in [0.05, 0.1) is 6.61 Å². The van der Waals surface area contributed by atoms with Gasteiger partial charge in [0.25, 0.3) is 0 Å². The van der Waals surface area contributed by atoms with Gasteiger partial charge in [-0.2, -0.15) is 0 Å². The van der Waals surface area contributed by atoms with E-state index in [1.165, 1.54) is 5.56 Å². The van der Waals surface area contributed by atoms with E-state index in [1.807, 2.05) is 18.2 Å². The van der Waals surface area contributed by atoms with Crippen LogP contribution in [0.15, 0.2) is 18.2 Å². The quantitative estimate of drug-likeness (QED) is 0.873. The van der Waals surface area contributed by atoms with E-state index in [-0.39, 0.29) is 0 Å². The van der Waals surface area contributed by atoms with Gasteiger partial charge in [0, 0.05) is 5.02 Å². The van der Waals surface area contributed by atoms with Crippen LogP contribution < -0.4 is 10.5 Å². The average Bonchev–Trinajstić information content (AvgIpc) is 3.06. The summed E-state index contributed by atoms with van der Waals surface area (Å²) < 4.78 is 5.85. The lowest BCUT2D eigenvalue weighted by Gasteiger charge is -2.13. The Hall–Kier alpha value is -0.730. The fourth-order valence-electron chi connectivity index (χ4n) is 2.09. The summed E-state index contributed by atoms with van der Waals surface area (Å²) >= 11 is 6.06. The SMILES string of the molecule is CC(C)COc1ccc(Cl)cc1[C@H]1CC1CN. The normalized spacial score (nSPS) is 22.9. The minimum absolute atomic E-state index is 0.531. The Balaban J connectivity index is 2.14. The van der Waals surface area contributed by atoms with E-state index >= 15 is 0 Å². The van der Waals surface area contributed by atoms with E-state index < -0.39 is 0 Å². The minimum Gasteiger partial charge on any atom is -0.493 e. The molecule has 17 heavy (non-hydrogen) atoms. The van der Waals surface area contributed by atoms with E-state index in [0.29, 0.717) is 17.8 Å². The second kappa shape index (κ2) is 5.28. The lowest BCUT2D eigenvalue weighted by Crippen LogP contribution is -2.07. The minimum atomic E-state index is 0.531. The van der Waals surface area contributed by atoms with Crippen LogP contribution >= 0.6 is 11.6 Å². The molecule has 0 radical (unpaired) electrons. The van der Waals surface area contributed by atoms with Crippen LogP contribution in [0.2, 0.25) is 5.02 Å². The molecule has 2 nitrogen and oxygen atoms in total. The Bertz CT molecular complexity index is 392. The fourth-order valence-corrected chi connectivity index (χ4v) is 2.27. The number of rotatable bonds is 5. The van der Waals surface area contributed by atoms with Crippen molar-refractivity contribution in [3.8, 4) is 5.75 Å². The van der Waals surface area contributed by atoms with Crippen molar-refractivity contribution in [2.24, 2.45) is 17.6 Å². The highest BCUT2D eigenvalue weighted by Gasteiger charge is 2.38. The molecule has 0 aliphatic heterocycles. The van der Waals surface area contributed by atoms with Crippen molar-refractivity contribution in [2.75, 3.05) is 13.2 Å². The Morgan fingerprint density at radius 2 is 2.24 bits per heavy atom. The van der Waals surface area contributed by atoms with E-state index in [2.05, 4.69) is 13.8 Å². The molecule has 1 aromatic rings. The van der Waals surface area contributed by atoms with Gasteiger partial charge in [-0.05, 0) is 54.5 Å². The Kier molecular flexibility index (Phi) is 3.95. The summed E-state index contributed by atoms with van der Waals surface area (Å²) in [6, 6.07) is 5.89. The van der Waals surface area contributed by atoms with Crippen LogP contribution in [0.3, 0.4) is 0 Å². The zero-order chi connectivity index (χ0) is 12.4. The number of hydrogen-bond acceptors (Lipinski definition) is 2. The zero-order valence-corrected chi connectivity index (χ0v) is 11.2. The van der Waals surface area contributed by atoms with Crippen molar-refractivity contribution in [1.82, 2.24) is 0 Å². The van der Waals surface area contributed by atoms with Crippen LogP contribution in [-0.4, -0.2) is 13.2 Å². The Morgan fingerprint density at radius 1 is 1.47 bits per heavy atom. The molecule has 1 fully saturated rings. The predicted molar refractivity (Wildman–Crippen MR) is 71.7 cm³/mol. The zero-order valence-electron chi connectivity index (χ0n) is 10.4. The molecule has 1 aliphatic carbocycles. The topological polar surface area (TPSA) is 35.2 Å². The Labute approximate surface area is 108 Å². The average molecular weight is 254 g/mol. The molecule has 1 unspecified atom stereocenters. The molecule has 0 amide bonds. The van der Waals surface area contributed by atoms with E-state index in [0.717, 1.165) is 30.3 Å². The molecule has 3 heteroatoms. The van der Waals surface area contributed by atoms with Crippen LogP contribution in [0.4, 0.5) is 0 Å². The highest BCUT2D eigenvalue weighted by molar-refractivity contribution is 6.30. The van der Waals surface area contributed by atoms with Gasteiger partial charge in [-0.3, -0.25) is 0 Å². The van der Waals surface area contributed by atoms with Gasteiger partial charge >= 0.3 is 0 Å². The third kappa shape index (κ3) is 3.14. The van der Waals surface area contributed by atoms with Crippen molar-refractivity contribution in [3.05, 3.63) is 28.8 Å². The maximum atomic E-state index is 6.06. The van der Waals surface area contributed by atoms with Crippen molar-refractivity contribution in [2.45, 2.75) is 26.2 Å². The molecule has 1 aliphatic rings. The maximum absolute atomic E-state index is 6.06. The lowest BCUT2D eigenvalue weighted by molar-refractivity contribution is 0.268. The van der Waals surface area contributed by atoms with E-state index in [1.54, 1.807) is 0 Å². The summed E-state index contributed by atoms with van der Waals surface area (Å²) in [4.78, 5) is 0. The fraction of sp³-hybridized carbons (Fsp3) is 0.571. The maximum Gasteiger partial charge on any atom is 0.122 e. The van der Waals surface area contributed by atoms with Crippen LogP contribution in [0.1, 0.15) is 31.7 Å².